The quantitative estimate of drug-likeness (QED) is 0.586. The van der Waals surface area contributed by atoms with E-state index in [2.05, 4.69) is 5.32 Å². The number of piperidine rings is 1. The molecule has 0 aromatic heterocycles. The smallest absolute Gasteiger partial charge is 0.316 e. The van der Waals surface area contributed by atoms with Crippen LogP contribution in [-0.2, 0) is 18.6 Å². The van der Waals surface area contributed by atoms with Crippen LogP contribution < -0.4 is 5.32 Å². The molecule has 152 valence electrons. The Kier molecular flexibility index (Phi) is 6.99. The standard InChI is InChI=1S/C21H22F5NS/c22-10-14-7-15(9-18(8-14)21(24,25)26)12-28-13-17-11-27-6-5-20(17)16-1-3-19(23)4-2-16/h1-4,7-9,17,20,27H,5-6,10-13H2/t17-,20-/m0/s1. The molecule has 0 unspecified atom stereocenters. The third-order valence-electron chi connectivity index (χ3n) is 5.04. The van der Waals surface area contributed by atoms with E-state index in [0.717, 1.165) is 43.0 Å². The second-order valence-electron chi connectivity index (χ2n) is 7.10. The Morgan fingerprint density at radius 1 is 1.04 bits per heavy atom. The largest absolute Gasteiger partial charge is 0.416 e. The van der Waals surface area contributed by atoms with E-state index in [1.807, 2.05) is 12.1 Å². The summed E-state index contributed by atoms with van der Waals surface area (Å²) in [7, 11) is 0. The van der Waals surface area contributed by atoms with Crippen molar-refractivity contribution in [2.75, 3.05) is 18.8 Å². The molecule has 2 aromatic carbocycles. The molecular weight excluding hydrogens is 393 g/mol. The molecule has 0 radical (unpaired) electrons. The molecule has 2 aromatic rings. The summed E-state index contributed by atoms with van der Waals surface area (Å²) in [5.74, 6) is 1.48. The van der Waals surface area contributed by atoms with E-state index in [0.29, 0.717) is 17.2 Å². The zero-order chi connectivity index (χ0) is 20.1. The Morgan fingerprint density at radius 2 is 1.75 bits per heavy atom. The van der Waals surface area contributed by atoms with Gasteiger partial charge in [0.05, 0.1) is 5.56 Å². The molecule has 1 fully saturated rings. The van der Waals surface area contributed by atoms with E-state index < -0.39 is 18.4 Å². The van der Waals surface area contributed by atoms with Crippen molar-refractivity contribution in [2.45, 2.75) is 30.9 Å². The Morgan fingerprint density at radius 3 is 2.43 bits per heavy atom. The lowest BCUT2D eigenvalue weighted by atomic mass is 9.82. The summed E-state index contributed by atoms with van der Waals surface area (Å²) in [4.78, 5) is 0. The number of hydrogen-bond acceptors (Lipinski definition) is 2. The Balaban J connectivity index is 1.65. The van der Waals surface area contributed by atoms with Crippen LogP contribution in [0.2, 0.25) is 0 Å². The van der Waals surface area contributed by atoms with E-state index in [1.54, 1.807) is 11.8 Å². The average Bonchev–Trinajstić information content (AvgIpc) is 2.68. The molecule has 28 heavy (non-hydrogen) atoms. The van der Waals surface area contributed by atoms with E-state index in [-0.39, 0.29) is 17.3 Å². The molecule has 0 aliphatic carbocycles. The maximum absolute atomic E-state index is 13.2. The van der Waals surface area contributed by atoms with E-state index in [1.165, 1.54) is 18.2 Å². The van der Waals surface area contributed by atoms with Gasteiger partial charge in [-0.15, -0.1) is 0 Å². The van der Waals surface area contributed by atoms with Gasteiger partial charge in [0.25, 0.3) is 0 Å². The summed E-state index contributed by atoms with van der Waals surface area (Å²) >= 11 is 1.55. The van der Waals surface area contributed by atoms with Gasteiger partial charge in [-0.3, -0.25) is 0 Å². The van der Waals surface area contributed by atoms with Crippen LogP contribution in [0.3, 0.4) is 0 Å². The Labute approximate surface area is 165 Å². The molecule has 3 rings (SSSR count). The third-order valence-corrected chi connectivity index (χ3v) is 6.24. The second kappa shape index (κ2) is 9.27. The number of thioether (sulfide) groups is 1. The van der Waals surface area contributed by atoms with Gasteiger partial charge in [-0.2, -0.15) is 24.9 Å². The van der Waals surface area contributed by atoms with Crippen molar-refractivity contribution >= 4 is 11.8 Å². The van der Waals surface area contributed by atoms with Crippen molar-refractivity contribution < 1.29 is 22.0 Å². The van der Waals surface area contributed by atoms with E-state index in [9.17, 15) is 22.0 Å². The highest BCUT2D eigenvalue weighted by Crippen LogP contribution is 2.35. The number of halogens is 5. The molecule has 7 heteroatoms. The molecule has 0 saturated carbocycles. The molecule has 1 heterocycles. The van der Waals surface area contributed by atoms with Crippen molar-refractivity contribution in [1.82, 2.24) is 5.32 Å². The van der Waals surface area contributed by atoms with Crippen molar-refractivity contribution in [1.29, 1.82) is 0 Å². The van der Waals surface area contributed by atoms with Gasteiger partial charge in [-0.25, -0.2) is 8.78 Å². The van der Waals surface area contributed by atoms with Crippen molar-refractivity contribution in [3.05, 3.63) is 70.5 Å². The Bertz CT molecular complexity index is 775. The van der Waals surface area contributed by atoms with Crippen LogP contribution in [0.5, 0.6) is 0 Å². The number of benzene rings is 2. The number of alkyl halides is 4. The first-order chi connectivity index (χ1) is 13.4. The minimum atomic E-state index is -4.48. The van der Waals surface area contributed by atoms with Crippen molar-refractivity contribution in [3.63, 3.8) is 0 Å². The predicted octanol–water partition coefficient (Wildman–Crippen LogP) is 5.94. The first kappa shape index (κ1) is 21.1. The van der Waals surface area contributed by atoms with Gasteiger partial charge in [0.15, 0.2) is 0 Å². The summed E-state index contributed by atoms with van der Waals surface area (Å²) in [6.07, 6.45) is -3.54. The minimum Gasteiger partial charge on any atom is -0.316 e. The van der Waals surface area contributed by atoms with E-state index in [4.69, 9.17) is 0 Å². The van der Waals surface area contributed by atoms with Crippen LogP contribution in [0.25, 0.3) is 0 Å². The monoisotopic (exact) mass is 415 g/mol. The van der Waals surface area contributed by atoms with E-state index >= 15 is 0 Å². The maximum Gasteiger partial charge on any atom is 0.416 e. The van der Waals surface area contributed by atoms with Crippen LogP contribution in [0.1, 0.15) is 34.6 Å². The van der Waals surface area contributed by atoms with Crippen LogP contribution >= 0.6 is 11.8 Å². The second-order valence-corrected chi connectivity index (χ2v) is 8.13. The highest BCUT2D eigenvalue weighted by molar-refractivity contribution is 7.98. The van der Waals surface area contributed by atoms with Crippen molar-refractivity contribution in [2.24, 2.45) is 5.92 Å². The van der Waals surface area contributed by atoms with Gasteiger partial charge in [0.2, 0.25) is 0 Å². The molecule has 0 bridgehead atoms. The molecule has 1 saturated heterocycles. The van der Waals surface area contributed by atoms with Gasteiger partial charge < -0.3 is 5.32 Å². The summed E-state index contributed by atoms with van der Waals surface area (Å²) in [6, 6.07) is 10.0. The molecule has 0 spiro atoms. The highest BCUT2D eigenvalue weighted by Gasteiger charge is 2.31. The number of rotatable bonds is 6. The van der Waals surface area contributed by atoms with Gasteiger partial charge in [-0.05, 0) is 78.1 Å². The fraction of sp³-hybridized carbons (Fsp3) is 0.429. The zero-order valence-corrected chi connectivity index (χ0v) is 16.1. The summed E-state index contributed by atoms with van der Waals surface area (Å²) < 4.78 is 65.1. The fourth-order valence-corrected chi connectivity index (χ4v) is 4.83. The van der Waals surface area contributed by atoms with Gasteiger partial charge in [0.1, 0.15) is 12.5 Å². The first-order valence-corrected chi connectivity index (χ1v) is 10.3. The lowest BCUT2D eigenvalue weighted by molar-refractivity contribution is -0.137. The SMILES string of the molecule is FCc1cc(CSC[C@@H]2CNCC[C@H]2c2ccc(F)cc2)cc(C(F)(F)F)c1. The first-order valence-electron chi connectivity index (χ1n) is 9.16. The number of hydrogen-bond donors (Lipinski definition) is 1. The average molecular weight is 415 g/mol. The number of nitrogens with one attached hydrogen (secondary N) is 1. The Hall–Kier alpha value is -1.60. The maximum atomic E-state index is 13.2. The third kappa shape index (κ3) is 5.47. The molecule has 1 aliphatic heterocycles. The van der Waals surface area contributed by atoms with Gasteiger partial charge >= 0.3 is 6.18 Å². The molecule has 1 N–H and O–H groups in total. The zero-order valence-electron chi connectivity index (χ0n) is 15.2. The lowest BCUT2D eigenvalue weighted by Gasteiger charge is -2.32. The van der Waals surface area contributed by atoms with Crippen LogP contribution in [0.4, 0.5) is 22.0 Å². The van der Waals surface area contributed by atoms with Gasteiger partial charge in [0, 0.05) is 5.75 Å². The van der Waals surface area contributed by atoms with Gasteiger partial charge in [-0.1, -0.05) is 18.2 Å². The molecule has 0 amide bonds. The topological polar surface area (TPSA) is 12.0 Å². The highest BCUT2D eigenvalue weighted by atomic mass is 32.2. The summed E-state index contributed by atoms with van der Waals surface area (Å²) in [5, 5.41) is 3.36. The molecule has 1 aliphatic rings. The normalized spacial score (nSPS) is 20.3. The van der Waals surface area contributed by atoms with Crippen LogP contribution in [0.15, 0.2) is 42.5 Å². The van der Waals surface area contributed by atoms with Crippen LogP contribution in [0, 0.1) is 11.7 Å². The minimum absolute atomic E-state index is 0.0500. The fourth-order valence-electron chi connectivity index (χ4n) is 3.66. The summed E-state index contributed by atoms with van der Waals surface area (Å²) in [6.45, 7) is 0.783. The predicted molar refractivity (Wildman–Crippen MR) is 103 cm³/mol. The lowest BCUT2D eigenvalue weighted by Crippen LogP contribution is -2.36. The molecule has 2 atom stereocenters. The molecular formula is C21H22F5NS. The summed E-state index contributed by atoms with van der Waals surface area (Å²) in [5.41, 5.74) is 0.817. The van der Waals surface area contributed by atoms with Crippen molar-refractivity contribution in [3.8, 4) is 0 Å². The van der Waals surface area contributed by atoms with Crippen LogP contribution in [-0.4, -0.2) is 18.8 Å². The molecule has 1 nitrogen and oxygen atoms in total.